The van der Waals surface area contributed by atoms with E-state index in [-0.39, 0.29) is 18.1 Å². The summed E-state index contributed by atoms with van der Waals surface area (Å²) in [5.74, 6) is 0.617. The molecule has 1 aromatic carbocycles. The number of alkyl carbamates (subject to hydrolysis) is 1. The summed E-state index contributed by atoms with van der Waals surface area (Å²) in [4.78, 5) is 21.9. The second-order valence-electron chi connectivity index (χ2n) is 10.7. The molecule has 2 atom stereocenters. The van der Waals surface area contributed by atoms with Crippen LogP contribution in [0.4, 0.5) is 4.79 Å². The van der Waals surface area contributed by atoms with Crippen LogP contribution in [0.15, 0.2) is 54.2 Å². The van der Waals surface area contributed by atoms with Gasteiger partial charge in [0.25, 0.3) is 0 Å². The van der Waals surface area contributed by atoms with E-state index < -0.39 is 5.60 Å². The number of nitrogens with zero attached hydrogens (tertiary/aromatic N) is 2. The number of aromatic nitrogens is 2. The molecule has 1 fully saturated rings. The lowest BCUT2D eigenvalue weighted by atomic mass is 9.79. The number of pyridine rings is 2. The van der Waals surface area contributed by atoms with Gasteiger partial charge in [-0.05, 0) is 45.2 Å². The number of benzene rings is 1. The number of halogens is 1. The number of rotatable bonds is 8. The Balaban J connectivity index is 1.69. The number of hydrogen-bond acceptors (Lipinski definition) is 6. The summed E-state index contributed by atoms with van der Waals surface area (Å²) < 4.78 is 11.0. The first-order valence-corrected chi connectivity index (χ1v) is 13.5. The van der Waals surface area contributed by atoms with E-state index >= 15 is 0 Å². The fraction of sp³-hybridized carbons (Fsp3) is 0.433. The minimum atomic E-state index is -0.557. The molecule has 3 aromatic rings. The molecule has 4 rings (SSSR count). The standard InChI is InChI=1S/C30H37ClN4O3/c1-30(2,3)38-29(36)34-25-13-9-8-12-22(25)21(18-32-17-20-10-6-5-7-11-20)16-23-24(31)19-33-26-14-15-27(37-4)35-28(23)26/h5-7,10-11,14-16,19,22,25,32H,8-9,12-13,17-18H2,1-4H3,(H,34,36). The molecule has 2 heterocycles. The van der Waals surface area contributed by atoms with E-state index in [4.69, 9.17) is 21.1 Å². The maximum absolute atomic E-state index is 12.7. The van der Waals surface area contributed by atoms with Gasteiger partial charge in [-0.15, -0.1) is 0 Å². The summed E-state index contributed by atoms with van der Waals surface area (Å²) in [6, 6.07) is 13.9. The number of methoxy groups -OCH3 is 1. The number of fused-ring (bicyclic) bond motifs is 1. The molecule has 38 heavy (non-hydrogen) atoms. The van der Waals surface area contributed by atoms with Crippen LogP contribution in [0, 0.1) is 5.92 Å². The summed E-state index contributed by atoms with van der Waals surface area (Å²) in [6.45, 7) is 6.99. The monoisotopic (exact) mass is 536 g/mol. The molecular formula is C30H37ClN4O3. The molecule has 2 unspecified atom stereocenters. The van der Waals surface area contributed by atoms with E-state index in [9.17, 15) is 4.79 Å². The molecule has 202 valence electrons. The van der Waals surface area contributed by atoms with Crippen molar-refractivity contribution >= 4 is 34.8 Å². The average Bonchev–Trinajstić information content (AvgIpc) is 2.89. The van der Waals surface area contributed by atoms with Crippen molar-refractivity contribution in [1.82, 2.24) is 20.6 Å². The Hall–Kier alpha value is -3.16. The number of nitrogens with one attached hydrogen (secondary N) is 2. The smallest absolute Gasteiger partial charge is 0.407 e. The van der Waals surface area contributed by atoms with Gasteiger partial charge >= 0.3 is 6.09 Å². The lowest BCUT2D eigenvalue weighted by Crippen LogP contribution is -2.45. The predicted molar refractivity (Wildman–Crippen MR) is 152 cm³/mol. The second kappa shape index (κ2) is 12.6. The molecule has 0 saturated heterocycles. The number of carbonyl (C=O) groups excluding carboxylic acids is 1. The van der Waals surface area contributed by atoms with Gasteiger partial charge in [0.2, 0.25) is 5.88 Å². The molecule has 0 aliphatic heterocycles. The third-order valence-electron chi connectivity index (χ3n) is 6.66. The molecule has 1 saturated carbocycles. The molecule has 1 amide bonds. The average molecular weight is 537 g/mol. The first-order valence-electron chi connectivity index (χ1n) is 13.2. The van der Waals surface area contributed by atoms with Crippen LogP contribution in [0.25, 0.3) is 17.1 Å². The van der Waals surface area contributed by atoms with Gasteiger partial charge in [0.05, 0.1) is 17.6 Å². The van der Waals surface area contributed by atoms with Crippen LogP contribution in [0.2, 0.25) is 5.02 Å². The van der Waals surface area contributed by atoms with Crippen LogP contribution in [-0.2, 0) is 11.3 Å². The zero-order valence-electron chi connectivity index (χ0n) is 22.6. The van der Waals surface area contributed by atoms with Crippen LogP contribution in [-0.4, -0.2) is 41.4 Å². The number of amides is 1. The Morgan fingerprint density at radius 1 is 1.13 bits per heavy atom. The summed E-state index contributed by atoms with van der Waals surface area (Å²) in [5, 5.41) is 7.28. The molecule has 0 spiro atoms. The summed E-state index contributed by atoms with van der Waals surface area (Å²) >= 11 is 6.71. The molecule has 2 aromatic heterocycles. The van der Waals surface area contributed by atoms with E-state index in [2.05, 4.69) is 38.8 Å². The van der Waals surface area contributed by atoms with E-state index in [1.54, 1.807) is 19.4 Å². The largest absolute Gasteiger partial charge is 0.481 e. The maximum atomic E-state index is 12.7. The minimum Gasteiger partial charge on any atom is -0.481 e. The number of hydrogen-bond donors (Lipinski definition) is 2. The van der Waals surface area contributed by atoms with Crippen molar-refractivity contribution in [2.24, 2.45) is 5.92 Å². The molecule has 2 N–H and O–H groups in total. The first kappa shape index (κ1) is 27.9. The van der Waals surface area contributed by atoms with E-state index in [0.29, 0.717) is 23.0 Å². The summed E-state index contributed by atoms with van der Waals surface area (Å²) in [5.41, 5.74) is 4.03. The molecular weight excluding hydrogens is 500 g/mol. The van der Waals surface area contributed by atoms with Gasteiger partial charge in [-0.3, -0.25) is 4.98 Å². The van der Waals surface area contributed by atoms with Gasteiger partial charge in [0.15, 0.2) is 0 Å². The molecule has 1 aliphatic carbocycles. The van der Waals surface area contributed by atoms with Crippen molar-refractivity contribution in [3.05, 3.63) is 70.4 Å². The minimum absolute atomic E-state index is 0.0438. The zero-order valence-corrected chi connectivity index (χ0v) is 23.3. The zero-order chi connectivity index (χ0) is 27.1. The Bertz CT molecular complexity index is 1270. The topological polar surface area (TPSA) is 85.4 Å². The van der Waals surface area contributed by atoms with E-state index in [1.807, 2.05) is 45.0 Å². The fourth-order valence-electron chi connectivity index (χ4n) is 4.92. The Kier molecular flexibility index (Phi) is 9.23. The van der Waals surface area contributed by atoms with Crippen LogP contribution >= 0.6 is 11.6 Å². The molecule has 8 heteroatoms. The quantitative estimate of drug-likeness (QED) is 0.339. The molecule has 0 bridgehead atoms. The highest BCUT2D eigenvalue weighted by Crippen LogP contribution is 2.34. The molecule has 1 aliphatic rings. The highest BCUT2D eigenvalue weighted by atomic mass is 35.5. The van der Waals surface area contributed by atoms with Crippen LogP contribution in [0.1, 0.15) is 57.6 Å². The summed E-state index contributed by atoms with van der Waals surface area (Å²) in [6.07, 6.45) is 7.38. The Morgan fingerprint density at radius 2 is 1.89 bits per heavy atom. The lowest BCUT2D eigenvalue weighted by Gasteiger charge is -2.35. The second-order valence-corrected chi connectivity index (χ2v) is 11.1. The lowest BCUT2D eigenvalue weighted by molar-refractivity contribution is 0.0477. The third-order valence-corrected chi connectivity index (χ3v) is 6.96. The van der Waals surface area contributed by atoms with Gasteiger partial charge in [0.1, 0.15) is 11.1 Å². The van der Waals surface area contributed by atoms with Crippen molar-refractivity contribution in [2.45, 2.75) is 64.6 Å². The van der Waals surface area contributed by atoms with Crippen LogP contribution < -0.4 is 15.4 Å². The molecule has 7 nitrogen and oxygen atoms in total. The van der Waals surface area contributed by atoms with Gasteiger partial charge in [-0.25, -0.2) is 9.78 Å². The van der Waals surface area contributed by atoms with Gasteiger partial charge in [-0.1, -0.05) is 66.4 Å². The molecule has 0 radical (unpaired) electrons. The van der Waals surface area contributed by atoms with Crippen molar-refractivity contribution in [2.75, 3.05) is 13.7 Å². The first-order chi connectivity index (χ1) is 18.2. The van der Waals surface area contributed by atoms with Crippen LogP contribution in [0.5, 0.6) is 5.88 Å². The van der Waals surface area contributed by atoms with Crippen molar-refractivity contribution in [3.8, 4) is 5.88 Å². The van der Waals surface area contributed by atoms with E-state index in [0.717, 1.165) is 48.9 Å². The van der Waals surface area contributed by atoms with E-state index in [1.165, 1.54) is 5.56 Å². The van der Waals surface area contributed by atoms with Crippen LogP contribution in [0.3, 0.4) is 0 Å². The Labute approximate surface area is 230 Å². The SMILES string of the molecule is COc1ccc2ncc(Cl)c(C=C(CNCc3ccccc3)C3CCCCC3NC(=O)OC(C)(C)C)c2n1. The van der Waals surface area contributed by atoms with Gasteiger partial charge in [-0.2, -0.15) is 0 Å². The Morgan fingerprint density at radius 3 is 2.63 bits per heavy atom. The highest BCUT2D eigenvalue weighted by Gasteiger charge is 2.31. The predicted octanol–water partition coefficient (Wildman–Crippen LogP) is 6.55. The highest BCUT2D eigenvalue weighted by molar-refractivity contribution is 6.33. The van der Waals surface area contributed by atoms with Crippen molar-refractivity contribution in [1.29, 1.82) is 0 Å². The summed E-state index contributed by atoms with van der Waals surface area (Å²) in [7, 11) is 1.59. The van der Waals surface area contributed by atoms with Gasteiger partial charge in [0, 0.05) is 42.9 Å². The van der Waals surface area contributed by atoms with Crippen molar-refractivity contribution < 1.29 is 14.3 Å². The van der Waals surface area contributed by atoms with Crippen molar-refractivity contribution in [3.63, 3.8) is 0 Å². The fourth-order valence-corrected chi connectivity index (χ4v) is 5.12. The third kappa shape index (κ3) is 7.45. The number of ether oxygens (including phenoxy) is 2. The van der Waals surface area contributed by atoms with Gasteiger partial charge < -0.3 is 20.1 Å². The number of carbonyl (C=O) groups is 1. The normalized spacial score (nSPS) is 18.3. The maximum Gasteiger partial charge on any atom is 0.407 e.